The van der Waals surface area contributed by atoms with Crippen molar-refractivity contribution >= 4 is 66.7 Å². The fourth-order valence-corrected chi connectivity index (χ4v) is 6.77. The highest BCUT2D eigenvalue weighted by Gasteiger charge is 2.26. The maximum Gasteiger partial charge on any atom is 0.326 e. The number of nitrogens with zero attached hydrogens (tertiary/aromatic N) is 3. The van der Waals surface area contributed by atoms with Gasteiger partial charge in [0.1, 0.15) is 6.54 Å². The number of amides is 1. The first-order valence-electron chi connectivity index (χ1n) is 10.6. The molecule has 0 spiro atoms. The van der Waals surface area contributed by atoms with Crippen molar-refractivity contribution in [1.29, 1.82) is 0 Å². The lowest BCUT2D eigenvalue weighted by atomic mass is 10.2. The van der Waals surface area contributed by atoms with Crippen molar-refractivity contribution in [2.24, 2.45) is 4.99 Å². The lowest BCUT2D eigenvalue weighted by Crippen LogP contribution is -2.40. The Morgan fingerprint density at radius 1 is 1.14 bits per heavy atom. The summed E-state index contributed by atoms with van der Waals surface area (Å²) in [5.41, 5.74) is 0.697. The maximum absolute atomic E-state index is 12.9. The number of hydrogen-bond donors (Lipinski definition) is 0. The van der Waals surface area contributed by atoms with Gasteiger partial charge in [-0.2, -0.15) is 9.30 Å². The number of hydrogen-bond acceptors (Lipinski definition) is 7. The van der Waals surface area contributed by atoms with Crippen LogP contribution in [0.4, 0.5) is 0 Å². The molecule has 0 bridgehead atoms. The number of thiazole rings is 1. The summed E-state index contributed by atoms with van der Waals surface area (Å²) in [4.78, 5) is 29.6. The van der Waals surface area contributed by atoms with Gasteiger partial charge in [-0.05, 0) is 43.3 Å². The molecule has 1 aliphatic heterocycles. The van der Waals surface area contributed by atoms with Crippen LogP contribution in [0, 0.1) is 0 Å². The quantitative estimate of drug-likeness (QED) is 0.430. The largest absolute Gasteiger partial charge is 0.465 e. The molecule has 13 heteroatoms. The Morgan fingerprint density at radius 2 is 1.83 bits per heavy atom. The molecule has 0 N–H and O–H groups in total. The van der Waals surface area contributed by atoms with Gasteiger partial charge in [0.25, 0.3) is 5.91 Å². The lowest BCUT2D eigenvalue weighted by Gasteiger charge is -2.26. The highest BCUT2D eigenvalue weighted by atomic mass is 35.5. The summed E-state index contributed by atoms with van der Waals surface area (Å²) in [5, 5.41) is 0.710. The molecule has 0 aliphatic carbocycles. The molecule has 0 saturated carbocycles. The van der Waals surface area contributed by atoms with Gasteiger partial charge in [0, 0.05) is 23.7 Å². The van der Waals surface area contributed by atoms with Gasteiger partial charge in [-0.15, -0.1) is 0 Å². The summed E-state index contributed by atoms with van der Waals surface area (Å²) >= 11 is 13.6. The molecule has 1 amide bonds. The predicted octanol–water partition coefficient (Wildman–Crippen LogP) is 3.33. The zero-order chi connectivity index (χ0) is 25.2. The van der Waals surface area contributed by atoms with Crippen molar-refractivity contribution in [1.82, 2.24) is 8.87 Å². The molecule has 0 radical (unpaired) electrons. The van der Waals surface area contributed by atoms with Crippen molar-refractivity contribution in [2.75, 3.05) is 32.9 Å². The average Bonchev–Trinajstić information content (AvgIpc) is 3.16. The van der Waals surface area contributed by atoms with Crippen molar-refractivity contribution in [3.05, 3.63) is 56.8 Å². The number of carbonyl (C=O) groups is 2. The highest BCUT2D eigenvalue weighted by molar-refractivity contribution is 7.89. The molecule has 2 heterocycles. The number of sulfonamides is 1. The van der Waals surface area contributed by atoms with Crippen molar-refractivity contribution in [2.45, 2.75) is 18.4 Å². The van der Waals surface area contributed by atoms with Crippen LogP contribution in [0.15, 0.2) is 46.3 Å². The molecule has 3 aromatic rings. The second kappa shape index (κ2) is 10.8. The van der Waals surface area contributed by atoms with Crippen LogP contribution in [0.25, 0.3) is 10.2 Å². The number of carbonyl (C=O) groups excluding carboxylic acids is 2. The normalized spacial score (nSPS) is 15.5. The number of aromatic nitrogens is 1. The molecule has 4 rings (SSSR count). The number of fused-ring (bicyclic) bond motifs is 1. The smallest absolute Gasteiger partial charge is 0.326 e. The molecule has 186 valence electrons. The number of rotatable bonds is 6. The van der Waals surface area contributed by atoms with Crippen LogP contribution in [-0.2, 0) is 30.8 Å². The third-order valence-corrected chi connectivity index (χ3v) is 8.64. The number of morpholine rings is 1. The van der Waals surface area contributed by atoms with E-state index in [0.717, 1.165) is 11.3 Å². The summed E-state index contributed by atoms with van der Waals surface area (Å²) in [6.07, 6.45) is 0. The third kappa shape index (κ3) is 5.60. The molecule has 1 aliphatic rings. The number of ether oxygens (including phenoxy) is 2. The first-order chi connectivity index (χ1) is 16.7. The highest BCUT2D eigenvalue weighted by Crippen LogP contribution is 2.30. The molecule has 1 saturated heterocycles. The van der Waals surface area contributed by atoms with Crippen LogP contribution in [-0.4, -0.2) is 62.1 Å². The van der Waals surface area contributed by atoms with Crippen LogP contribution in [0.2, 0.25) is 10.0 Å². The van der Waals surface area contributed by atoms with E-state index in [4.69, 9.17) is 32.7 Å². The van der Waals surface area contributed by atoms with Crippen LogP contribution < -0.4 is 4.80 Å². The van der Waals surface area contributed by atoms with Gasteiger partial charge >= 0.3 is 5.97 Å². The van der Waals surface area contributed by atoms with E-state index in [0.29, 0.717) is 33.5 Å². The standard InChI is InChI=1S/C22H21Cl2N3O6S2/c1-2-33-19(28)13-27-20-17(24)11-15(23)12-18(20)34-22(27)25-21(29)14-3-5-16(6-4-14)35(30,31)26-7-9-32-10-8-26/h3-6,11-12H,2,7-10,13H2,1H3. The van der Waals surface area contributed by atoms with Crippen LogP contribution in [0.1, 0.15) is 17.3 Å². The second-order valence-electron chi connectivity index (χ2n) is 7.47. The van der Waals surface area contributed by atoms with Gasteiger partial charge < -0.3 is 14.0 Å². The Balaban J connectivity index is 1.69. The van der Waals surface area contributed by atoms with Gasteiger partial charge in [-0.25, -0.2) is 8.42 Å². The minimum Gasteiger partial charge on any atom is -0.465 e. The Bertz CT molecular complexity index is 1440. The topological polar surface area (TPSA) is 107 Å². The summed E-state index contributed by atoms with van der Waals surface area (Å²) < 4.78 is 39.4. The van der Waals surface area contributed by atoms with E-state index >= 15 is 0 Å². The van der Waals surface area contributed by atoms with Crippen molar-refractivity contribution in [3.8, 4) is 0 Å². The maximum atomic E-state index is 12.9. The number of benzene rings is 2. The van der Waals surface area contributed by atoms with Gasteiger partial charge in [0.2, 0.25) is 10.0 Å². The zero-order valence-corrected chi connectivity index (χ0v) is 21.7. The monoisotopic (exact) mass is 557 g/mol. The Kier molecular flexibility index (Phi) is 7.94. The third-order valence-electron chi connectivity index (χ3n) is 5.19. The van der Waals surface area contributed by atoms with E-state index in [1.165, 1.54) is 33.1 Å². The number of esters is 1. The molecule has 9 nitrogen and oxygen atoms in total. The van der Waals surface area contributed by atoms with E-state index in [-0.39, 0.29) is 41.5 Å². The lowest BCUT2D eigenvalue weighted by molar-refractivity contribution is -0.143. The fourth-order valence-electron chi connectivity index (χ4n) is 3.55. The SMILES string of the molecule is CCOC(=O)Cn1c(=NC(=O)c2ccc(S(=O)(=O)N3CCOCC3)cc2)sc2cc(Cl)cc(Cl)c21. The molecule has 1 aromatic heterocycles. The molecule has 1 fully saturated rings. The van der Waals surface area contributed by atoms with E-state index in [1.807, 2.05) is 0 Å². The number of halogens is 2. The first-order valence-corrected chi connectivity index (χ1v) is 13.6. The zero-order valence-electron chi connectivity index (χ0n) is 18.6. The molecular formula is C22H21Cl2N3O6S2. The van der Waals surface area contributed by atoms with Gasteiger partial charge in [0.05, 0.1) is 40.0 Å². The summed E-state index contributed by atoms with van der Waals surface area (Å²) in [6.45, 7) is 2.92. The average molecular weight is 558 g/mol. The molecule has 0 unspecified atom stereocenters. The van der Waals surface area contributed by atoms with Crippen molar-refractivity contribution in [3.63, 3.8) is 0 Å². The summed E-state index contributed by atoms with van der Waals surface area (Å²) in [7, 11) is -3.68. The van der Waals surface area contributed by atoms with E-state index < -0.39 is 21.9 Å². The van der Waals surface area contributed by atoms with Crippen LogP contribution in [0.3, 0.4) is 0 Å². The molecule has 2 aromatic carbocycles. The first kappa shape index (κ1) is 25.8. The van der Waals surface area contributed by atoms with E-state index in [9.17, 15) is 18.0 Å². The minimum atomic E-state index is -3.68. The molecule has 0 atom stereocenters. The van der Waals surface area contributed by atoms with E-state index in [1.54, 1.807) is 19.1 Å². The molecule has 35 heavy (non-hydrogen) atoms. The summed E-state index contributed by atoms with van der Waals surface area (Å²) in [6, 6.07) is 8.78. The van der Waals surface area contributed by atoms with Crippen molar-refractivity contribution < 1.29 is 27.5 Å². The fraction of sp³-hybridized carbons (Fsp3) is 0.318. The summed E-state index contributed by atoms with van der Waals surface area (Å²) in [5.74, 6) is -1.11. The predicted molar refractivity (Wildman–Crippen MR) is 132 cm³/mol. The molecular weight excluding hydrogens is 537 g/mol. The van der Waals surface area contributed by atoms with Gasteiger partial charge in [-0.3, -0.25) is 9.59 Å². The Labute approximate surface area is 215 Å². The second-order valence-corrected chi connectivity index (χ2v) is 11.3. The van der Waals surface area contributed by atoms with Gasteiger partial charge in [-0.1, -0.05) is 34.5 Å². The van der Waals surface area contributed by atoms with Gasteiger partial charge in [0.15, 0.2) is 4.80 Å². The van der Waals surface area contributed by atoms with Crippen LogP contribution in [0.5, 0.6) is 0 Å². The van der Waals surface area contributed by atoms with Crippen LogP contribution >= 0.6 is 34.5 Å². The Morgan fingerprint density at radius 3 is 2.49 bits per heavy atom. The minimum absolute atomic E-state index is 0.0802. The van der Waals surface area contributed by atoms with E-state index in [2.05, 4.69) is 4.99 Å². The Hall–Kier alpha value is -2.28.